The first kappa shape index (κ1) is 19.0. The molecule has 0 bridgehead atoms. The van der Waals surface area contributed by atoms with Gasteiger partial charge in [-0.2, -0.15) is 13.2 Å². The molecule has 0 aromatic carbocycles. The van der Waals surface area contributed by atoms with Crippen molar-refractivity contribution in [2.75, 3.05) is 11.4 Å². The van der Waals surface area contributed by atoms with Gasteiger partial charge in [-0.25, -0.2) is 4.98 Å². The predicted molar refractivity (Wildman–Crippen MR) is 82.3 cm³/mol. The zero-order valence-corrected chi connectivity index (χ0v) is 13.7. The minimum absolute atomic E-state index is 0.00881. The van der Waals surface area contributed by atoms with Crippen molar-refractivity contribution in [3.63, 3.8) is 0 Å². The number of nitrogens with zero attached hydrogens (tertiary/aromatic N) is 2. The lowest BCUT2D eigenvalue weighted by molar-refractivity contribution is -0.137. The quantitative estimate of drug-likeness (QED) is 0.818. The van der Waals surface area contributed by atoms with Gasteiger partial charge in [-0.15, -0.1) is 0 Å². The first-order valence-corrected chi connectivity index (χ1v) is 7.75. The van der Waals surface area contributed by atoms with Crippen LogP contribution in [0.25, 0.3) is 0 Å². The summed E-state index contributed by atoms with van der Waals surface area (Å²) >= 11 is 5.90. The van der Waals surface area contributed by atoms with Crippen LogP contribution >= 0.6 is 11.6 Å². The highest BCUT2D eigenvalue weighted by molar-refractivity contribution is 6.33. The Hall–Kier alpha value is -1.01. The van der Waals surface area contributed by atoms with Crippen LogP contribution in [0.15, 0.2) is 12.3 Å². The third-order valence-electron chi connectivity index (χ3n) is 3.27. The Bertz CT molecular complexity index is 482. The van der Waals surface area contributed by atoms with Crippen LogP contribution in [-0.2, 0) is 6.18 Å². The average molecular weight is 339 g/mol. The average Bonchev–Trinajstić information content (AvgIpc) is 2.39. The van der Waals surface area contributed by atoms with E-state index in [0.717, 1.165) is 12.3 Å². The zero-order chi connectivity index (χ0) is 16.9. The molecule has 0 spiro atoms. The molecule has 2 heterocycles. The number of hydrogen-bond donors (Lipinski definition) is 1. The Morgan fingerprint density at radius 1 is 1.41 bits per heavy atom. The summed E-state index contributed by atoms with van der Waals surface area (Å²) in [5, 5.41) is 9.52. The van der Waals surface area contributed by atoms with Crippen molar-refractivity contribution in [3.8, 4) is 0 Å². The maximum Gasteiger partial charge on any atom is 0.417 e. The van der Waals surface area contributed by atoms with Crippen molar-refractivity contribution in [2.45, 2.75) is 58.4 Å². The van der Waals surface area contributed by atoms with Crippen LogP contribution in [0.4, 0.5) is 19.0 Å². The maximum atomic E-state index is 12.5. The number of aliphatic hydroxyl groups excluding tert-OH is 1. The number of aliphatic hydroxyl groups is 1. The Morgan fingerprint density at radius 2 is 2.00 bits per heavy atom. The first-order valence-electron chi connectivity index (χ1n) is 7.38. The molecule has 1 N–H and O–H groups in total. The lowest BCUT2D eigenvalue weighted by Gasteiger charge is -2.37. The second-order valence-electron chi connectivity index (χ2n) is 5.45. The number of piperidine rings is 1. The topological polar surface area (TPSA) is 36.4 Å². The molecule has 2 rings (SSSR count). The van der Waals surface area contributed by atoms with Crippen LogP contribution in [0.5, 0.6) is 0 Å². The van der Waals surface area contributed by atoms with E-state index in [-0.39, 0.29) is 17.2 Å². The highest BCUT2D eigenvalue weighted by Crippen LogP contribution is 2.35. The monoisotopic (exact) mass is 338 g/mol. The molecule has 2 atom stereocenters. The van der Waals surface area contributed by atoms with E-state index < -0.39 is 11.7 Å². The number of anilines is 1. The summed E-state index contributed by atoms with van der Waals surface area (Å²) in [5.74, 6) is 0.342. The van der Waals surface area contributed by atoms with E-state index in [9.17, 15) is 18.3 Å². The number of alkyl halides is 3. The van der Waals surface area contributed by atoms with Gasteiger partial charge in [0.2, 0.25) is 0 Å². The lowest BCUT2D eigenvalue weighted by Crippen LogP contribution is -2.43. The van der Waals surface area contributed by atoms with Crippen molar-refractivity contribution in [1.82, 2.24) is 4.98 Å². The van der Waals surface area contributed by atoms with Crippen molar-refractivity contribution >= 4 is 17.4 Å². The van der Waals surface area contributed by atoms with E-state index in [1.54, 1.807) is 0 Å². The summed E-state index contributed by atoms with van der Waals surface area (Å²) in [4.78, 5) is 5.66. The Morgan fingerprint density at radius 3 is 2.45 bits per heavy atom. The third kappa shape index (κ3) is 5.02. The molecular weight excluding hydrogens is 317 g/mol. The standard InChI is InChI=1S/C12H14ClF3N2O.C3H8/c1-7-4-9(19)2-3-18(7)11-10(13)5-8(6-17-11)12(14,15)16;1-3-2/h5-7,9,19H,2-4H2,1H3;3H2,1-2H3/t7?,9-;/m0./s1. The molecule has 3 nitrogen and oxygen atoms in total. The minimum atomic E-state index is -4.45. The van der Waals surface area contributed by atoms with Gasteiger partial charge < -0.3 is 10.0 Å². The van der Waals surface area contributed by atoms with Gasteiger partial charge in [0.15, 0.2) is 0 Å². The molecule has 7 heteroatoms. The number of hydrogen-bond acceptors (Lipinski definition) is 3. The summed E-state index contributed by atoms with van der Waals surface area (Å²) in [6, 6.07) is 0.882. The highest BCUT2D eigenvalue weighted by Gasteiger charge is 2.33. The lowest BCUT2D eigenvalue weighted by atomic mass is 10.0. The number of rotatable bonds is 1. The predicted octanol–water partition coefficient (Wildman–Crippen LogP) is 4.52. The molecule has 1 aliphatic heterocycles. The molecule has 1 unspecified atom stereocenters. The molecule has 1 aromatic heterocycles. The van der Waals surface area contributed by atoms with Crippen LogP contribution < -0.4 is 4.90 Å². The Balaban J connectivity index is 0.000000745. The van der Waals surface area contributed by atoms with Gasteiger partial charge in [0, 0.05) is 18.8 Å². The van der Waals surface area contributed by atoms with E-state index in [2.05, 4.69) is 18.8 Å². The fraction of sp³-hybridized carbons (Fsp3) is 0.667. The second-order valence-corrected chi connectivity index (χ2v) is 5.86. The zero-order valence-electron chi connectivity index (χ0n) is 13.0. The fourth-order valence-electron chi connectivity index (χ4n) is 2.26. The summed E-state index contributed by atoms with van der Waals surface area (Å²) in [6.45, 7) is 6.67. The molecule has 1 fully saturated rings. The maximum absolute atomic E-state index is 12.5. The highest BCUT2D eigenvalue weighted by atomic mass is 35.5. The van der Waals surface area contributed by atoms with Gasteiger partial charge >= 0.3 is 6.18 Å². The molecule has 126 valence electrons. The van der Waals surface area contributed by atoms with Gasteiger partial charge in [0.1, 0.15) is 5.82 Å². The van der Waals surface area contributed by atoms with Gasteiger partial charge in [-0.3, -0.25) is 0 Å². The summed E-state index contributed by atoms with van der Waals surface area (Å²) < 4.78 is 37.6. The summed E-state index contributed by atoms with van der Waals surface area (Å²) in [5.41, 5.74) is -0.856. The first-order chi connectivity index (χ1) is 10.2. The number of aromatic nitrogens is 1. The summed E-state index contributed by atoms with van der Waals surface area (Å²) in [6.07, 6.45) is -1.67. The molecule has 1 aromatic rings. The normalized spacial score (nSPS) is 22.1. The molecule has 0 amide bonds. The molecule has 1 aliphatic rings. The number of halogens is 4. The molecule has 22 heavy (non-hydrogen) atoms. The van der Waals surface area contributed by atoms with Crippen LogP contribution in [0.2, 0.25) is 5.02 Å². The van der Waals surface area contributed by atoms with Crippen molar-refractivity contribution in [1.29, 1.82) is 0 Å². The van der Waals surface area contributed by atoms with Crippen molar-refractivity contribution in [3.05, 3.63) is 22.8 Å². The van der Waals surface area contributed by atoms with E-state index in [0.29, 0.717) is 25.2 Å². The van der Waals surface area contributed by atoms with Crippen molar-refractivity contribution in [2.24, 2.45) is 0 Å². The van der Waals surface area contributed by atoms with E-state index >= 15 is 0 Å². The molecule has 0 saturated carbocycles. The van der Waals surface area contributed by atoms with Crippen molar-refractivity contribution < 1.29 is 18.3 Å². The Labute approximate surface area is 134 Å². The Kier molecular flexibility index (Phi) is 6.94. The van der Waals surface area contributed by atoms with E-state index in [1.807, 2.05) is 11.8 Å². The van der Waals surface area contributed by atoms with Gasteiger partial charge in [0.25, 0.3) is 0 Å². The molecule has 0 aliphatic carbocycles. The van der Waals surface area contributed by atoms with E-state index in [1.165, 1.54) is 6.42 Å². The molecule has 1 saturated heterocycles. The van der Waals surface area contributed by atoms with Crippen LogP contribution in [0, 0.1) is 0 Å². The third-order valence-corrected chi connectivity index (χ3v) is 3.55. The van der Waals surface area contributed by atoms with E-state index in [4.69, 9.17) is 11.6 Å². The van der Waals surface area contributed by atoms with Gasteiger partial charge in [0.05, 0.1) is 16.7 Å². The molecule has 0 radical (unpaired) electrons. The summed E-state index contributed by atoms with van der Waals surface area (Å²) in [7, 11) is 0. The van der Waals surface area contributed by atoms with Gasteiger partial charge in [-0.05, 0) is 25.8 Å². The SMILES string of the molecule is CC1C[C@@H](O)CCN1c1ncc(C(F)(F)F)cc1Cl.CCC. The second kappa shape index (κ2) is 8.02. The smallest absolute Gasteiger partial charge is 0.393 e. The van der Waals surface area contributed by atoms with Crippen LogP contribution in [-0.4, -0.2) is 28.8 Å². The van der Waals surface area contributed by atoms with Gasteiger partial charge in [-0.1, -0.05) is 31.9 Å². The fourth-order valence-corrected chi connectivity index (χ4v) is 2.53. The van der Waals surface area contributed by atoms with Crippen LogP contribution in [0.3, 0.4) is 0 Å². The van der Waals surface area contributed by atoms with Crippen LogP contribution in [0.1, 0.15) is 45.6 Å². The largest absolute Gasteiger partial charge is 0.417 e. The molecular formula is C15H22ClF3N2O. The number of pyridine rings is 1. The minimum Gasteiger partial charge on any atom is -0.393 e.